The lowest BCUT2D eigenvalue weighted by Gasteiger charge is -2.33. The van der Waals surface area contributed by atoms with Crippen LogP contribution in [0.2, 0.25) is 0 Å². The number of hydrogen-bond acceptors (Lipinski definition) is 3. The molecule has 0 amide bonds. The minimum Gasteiger partial charge on any atom is -0.298 e. The van der Waals surface area contributed by atoms with Gasteiger partial charge in [0.1, 0.15) is 5.25 Å². The fraction of sp³-hybridized carbons (Fsp3) is 0.941. The van der Waals surface area contributed by atoms with Gasteiger partial charge in [0.2, 0.25) is 10.0 Å². The van der Waals surface area contributed by atoms with Crippen LogP contribution in [-0.4, -0.2) is 36.8 Å². The molecule has 2 unspecified atom stereocenters. The second-order valence-electron chi connectivity index (χ2n) is 6.89. The van der Waals surface area contributed by atoms with E-state index in [-0.39, 0.29) is 11.7 Å². The van der Waals surface area contributed by atoms with Crippen LogP contribution in [0.3, 0.4) is 0 Å². The van der Waals surface area contributed by atoms with E-state index in [4.69, 9.17) is 0 Å². The third kappa shape index (κ3) is 4.31. The van der Waals surface area contributed by atoms with Crippen molar-refractivity contribution in [2.75, 3.05) is 13.1 Å². The van der Waals surface area contributed by atoms with Gasteiger partial charge in [-0.3, -0.25) is 4.79 Å². The molecule has 0 spiro atoms. The zero-order chi connectivity index (χ0) is 16.0. The summed E-state index contributed by atoms with van der Waals surface area (Å²) in [4.78, 5) is 11.9. The molecule has 128 valence electrons. The van der Waals surface area contributed by atoms with Crippen molar-refractivity contribution in [3.8, 4) is 0 Å². The molecule has 1 heterocycles. The Bertz CT molecular complexity index is 461. The number of unbranched alkanes of at least 4 members (excludes halogenated alkanes) is 7. The second kappa shape index (κ2) is 8.44. The molecule has 0 radical (unpaired) electrons. The van der Waals surface area contributed by atoms with Crippen molar-refractivity contribution in [1.29, 1.82) is 0 Å². The van der Waals surface area contributed by atoms with Gasteiger partial charge in [-0.25, -0.2) is 12.7 Å². The third-order valence-electron chi connectivity index (χ3n) is 5.20. The molecule has 0 aromatic heterocycles. The molecule has 22 heavy (non-hydrogen) atoms. The predicted molar refractivity (Wildman–Crippen MR) is 89.2 cm³/mol. The van der Waals surface area contributed by atoms with E-state index in [0.29, 0.717) is 19.5 Å². The number of carbonyl (C=O) groups is 1. The maximum Gasteiger partial charge on any atom is 0.224 e. The molecule has 5 heteroatoms. The highest BCUT2D eigenvalue weighted by Gasteiger charge is 2.49. The smallest absolute Gasteiger partial charge is 0.224 e. The van der Waals surface area contributed by atoms with Crippen LogP contribution in [0.25, 0.3) is 0 Å². The summed E-state index contributed by atoms with van der Waals surface area (Å²) < 4.78 is 26.7. The van der Waals surface area contributed by atoms with Crippen molar-refractivity contribution < 1.29 is 13.2 Å². The monoisotopic (exact) mass is 329 g/mol. The highest BCUT2D eigenvalue weighted by atomic mass is 32.2. The minimum absolute atomic E-state index is 0.0503. The topological polar surface area (TPSA) is 54.5 Å². The quantitative estimate of drug-likeness (QED) is 0.608. The van der Waals surface area contributed by atoms with Crippen molar-refractivity contribution in [2.45, 2.75) is 82.8 Å². The van der Waals surface area contributed by atoms with Crippen LogP contribution in [0.5, 0.6) is 0 Å². The Morgan fingerprint density at radius 1 is 1.00 bits per heavy atom. The van der Waals surface area contributed by atoms with Gasteiger partial charge in [-0.05, 0) is 25.2 Å². The summed E-state index contributed by atoms with van der Waals surface area (Å²) in [5.74, 6) is 0.0398. The van der Waals surface area contributed by atoms with Gasteiger partial charge in [-0.1, -0.05) is 51.9 Å². The lowest BCUT2D eigenvalue weighted by atomic mass is 10.0. The summed E-state index contributed by atoms with van der Waals surface area (Å²) in [6.07, 6.45) is 11.8. The molecule has 4 nitrogen and oxygen atoms in total. The van der Waals surface area contributed by atoms with Gasteiger partial charge in [0.05, 0.1) is 0 Å². The fourth-order valence-corrected chi connectivity index (χ4v) is 6.12. The van der Waals surface area contributed by atoms with E-state index < -0.39 is 15.3 Å². The van der Waals surface area contributed by atoms with Crippen LogP contribution in [0, 0.1) is 5.92 Å². The Balaban J connectivity index is 1.69. The summed E-state index contributed by atoms with van der Waals surface area (Å²) in [6.45, 7) is 3.44. The van der Waals surface area contributed by atoms with Gasteiger partial charge in [0.15, 0.2) is 5.78 Å². The summed E-state index contributed by atoms with van der Waals surface area (Å²) in [5.41, 5.74) is 0. The first-order valence-electron chi connectivity index (χ1n) is 9.09. The van der Waals surface area contributed by atoms with Crippen LogP contribution in [0.4, 0.5) is 0 Å². The van der Waals surface area contributed by atoms with E-state index in [1.54, 1.807) is 4.31 Å². The molecule has 0 bridgehead atoms. The fourth-order valence-electron chi connectivity index (χ4n) is 3.85. The first kappa shape index (κ1) is 17.9. The molecule has 2 aliphatic rings. The Morgan fingerprint density at radius 3 is 2.32 bits per heavy atom. The number of carbonyl (C=O) groups excluding carboxylic acids is 1. The number of sulfonamides is 1. The number of Topliss-reactive ketones (excluding diaryl/α,β-unsaturated/α-hetero) is 1. The number of hydrogen-bond donors (Lipinski definition) is 0. The standard InChI is InChI=1S/C17H31NO3S/c1-2-3-4-5-6-7-8-9-13-18-14-12-15-10-11-16(19)17(15)22(18,20)21/h15,17H,2-14H2,1H3. The predicted octanol–water partition coefficient (Wildman–Crippen LogP) is 3.51. The first-order valence-corrected chi connectivity index (χ1v) is 10.6. The van der Waals surface area contributed by atoms with Crippen LogP contribution >= 0.6 is 0 Å². The third-order valence-corrected chi connectivity index (χ3v) is 7.57. The van der Waals surface area contributed by atoms with Crippen molar-refractivity contribution >= 4 is 15.8 Å². The van der Waals surface area contributed by atoms with Gasteiger partial charge < -0.3 is 0 Å². The minimum atomic E-state index is -3.37. The zero-order valence-corrected chi connectivity index (χ0v) is 14.7. The maximum absolute atomic E-state index is 12.5. The van der Waals surface area contributed by atoms with E-state index in [0.717, 1.165) is 25.7 Å². The molecule has 2 atom stereocenters. The maximum atomic E-state index is 12.5. The van der Waals surface area contributed by atoms with E-state index in [1.165, 1.54) is 38.5 Å². The molecular weight excluding hydrogens is 298 g/mol. The molecule has 1 saturated heterocycles. The summed E-state index contributed by atoms with van der Waals surface area (Å²) in [7, 11) is -3.37. The molecule has 2 rings (SSSR count). The normalized spacial score (nSPS) is 28.0. The van der Waals surface area contributed by atoms with Crippen molar-refractivity contribution in [3.63, 3.8) is 0 Å². The number of ketones is 1. The molecule has 2 fully saturated rings. The van der Waals surface area contributed by atoms with Gasteiger partial charge in [-0.15, -0.1) is 0 Å². The van der Waals surface area contributed by atoms with Crippen molar-refractivity contribution in [1.82, 2.24) is 4.31 Å². The lowest BCUT2D eigenvalue weighted by molar-refractivity contribution is -0.117. The van der Waals surface area contributed by atoms with Crippen molar-refractivity contribution in [3.05, 3.63) is 0 Å². The van der Waals surface area contributed by atoms with Gasteiger partial charge >= 0.3 is 0 Å². The number of rotatable bonds is 9. The van der Waals surface area contributed by atoms with Crippen LogP contribution in [0.1, 0.15) is 77.6 Å². The summed E-state index contributed by atoms with van der Waals surface area (Å²) in [5, 5.41) is -0.713. The molecular formula is C17H31NO3S. The Kier molecular flexibility index (Phi) is 6.87. The van der Waals surface area contributed by atoms with Gasteiger partial charge in [0.25, 0.3) is 0 Å². The molecule has 1 aliphatic heterocycles. The average molecular weight is 330 g/mol. The first-order chi connectivity index (χ1) is 10.6. The van der Waals surface area contributed by atoms with E-state index in [2.05, 4.69) is 6.92 Å². The molecule has 0 aromatic rings. The second-order valence-corrected chi connectivity index (χ2v) is 8.95. The summed E-state index contributed by atoms with van der Waals surface area (Å²) >= 11 is 0. The van der Waals surface area contributed by atoms with E-state index in [1.807, 2.05) is 0 Å². The van der Waals surface area contributed by atoms with Gasteiger partial charge in [0, 0.05) is 19.5 Å². The van der Waals surface area contributed by atoms with E-state index >= 15 is 0 Å². The largest absolute Gasteiger partial charge is 0.298 e. The molecule has 1 saturated carbocycles. The van der Waals surface area contributed by atoms with E-state index in [9.17, 15) is 13.2 Å². The van der Waals surface area contributed by atoms with Crippen LogP contribution in [-0.2, 0) is 14.8 Å². The van der Waals surface area contributed by atoms with Gasteiger partial charge in [-0.2, -0.15) is 0 Å². The Morgan fingerprint density at radius 2 is 1.64 bits per heavy atom. The Hall–Kier alpha value is -0.420. The average Bonchev–Trinajstić information content (AvgIpc) is 2.86. The molecule has 0 aromatic carbocycles. The molecule has 0 N–H and O–H groups in total. The highest BCUT2D eigenvalue weighted by Crippen LogP contribution is 2.36. The number of fused-ring (bicyclic) bond motifs is 1. The lowest BCUT2D eigenvalue weighted by Crippen LogP contribution is -2.49. The van der Waals surface area contributed by atoms with Crippen molar-refractivity contribution in [2.24, 2.45) is 5.92 Å². The summed E-state index contributed by atoms with van der Waals surface area (Å²) in [6, 6.07) is 0. The SMILES string of the molecule is CCCCCCCCCCN1CCC2CCC(=O)C2S1(=O)=O. The number of nitrogens with zero attached hydrogens (tertiary/aromatic N) is 1. The Labute approximate surface area is 135 Å². The zero-order valence-electron chi connectivity index (χ0n) is 13.9. The van der Waals surface area contributed by atoms with Crippen LogP contribution in [0.15, 0.2) is 0 Å². The molecule has 1 aliphatic carbocycles. The highest BCUT2D eigenvalue weighted by molar-refractivity contribution is 7.90. The van der Waals surface area contributed by atoms with Crippen LogP contribution < -0.4 is 0 Å².